The summed E-state index contributed by atoms with van der Waals surface area (Å²) >= 11 is 3.40. The van der Waals surface area contributed by atoms with Crippen molar-refractivity contribution in [2.75, 3.05) is 11.9 Å². The SMILES string of the molecule is OC1(CNc2ccnc3cc(Br)cnc23)CCCC1. The lowest BCUT2D eigenvalue weighted by Crippen LogP contribution is -2.33. The predicted octanol–water partition coefficient (Wildman–Crippen LogP) is 3.11. The Labute approximate surface area is 120 Å². The molecule has 0 amide bonds. The molecule has 100 valence electrons. The van der Waals surface area contributed by atoms with Gasteiger partial charge in [-0.3, -0.25) is 9.97 Å². The summed E-state index contributed by atoms with van der Waals surface area (Å²) in [5.74, 6) is 0. The maximum atomic E-state index is 10.4. The zero-order chi connectivity index (χ0) is 13.3. The van der Waals surface area contributed by atoms with E-state index in [0.717, 1.165) is 46.9 Å². The van der Waals surface area contributed by atoms with E-state index in [0.29, 0.717) is 6.54 Å². The Morgan fingerprint density at radius 1 is 1.32 bits per heavy atom. The minimum atomic E-state index is -0.565. The second-order valence-corrected chi connectivity index (χ2v) is 6.08. The number of halogens is 1. The van der Waals surface area contributed by atoms with E-state index in [1.165, 1.54) is 0 Å². The maximum Gasteiger partial charge on any atom is 0.112 e. The molecule has 0 bridgehead atoms. The number of hydrogen-bond acceptors (Lipinski definition) is 4. The lowest BCUT2D eigenvalue weighted by atomic mass is 10.0. The minimum absolute atomic E-state index is 0.565. The van der Waals surface area contributed by atoms with Crippen LogP contribution >= 0.6 is 15.9 Å². The van der Waals surface area contributed by atoms with Crippen molar-refractivity contribution in [3.8, 4) is 0 Å². The number of nitrogens with one attached hydrogen (secondary N) is 1. The summed E-state index contributed by atoms with van der Waals surface area (Å²) < 4.78 is 0.916. The quantitative estimate of drug-likeness (QED) is 0.912. The lowest BCUT2D eigenvalue weighted by Gasteiger charge is -2.23. The predicted molar refractivity (Wildman–Crippen MR) is 79.1 cm³/mol. The van der Waals surface area contributed by atoms with E-state index >= 15 is 0 Å². The van der Waals surface area contributed by atoms with Gasteiger partial charge in [0.2, 0.25) is 0 Å². The number of pyridine rings is 2. The second kappa shape index (κ2) is 5.06. The molecule has 1 aliphatic carbocycles. The summed E-state index contributed by atoms with van der Waals surface area (Å²) in [5.41, 5.74) is 2.05. The molecule has 0 saturated heterocycles. The van der Waals surface area contributed by atoms with Crippen LogP contribution in [0.5, 0.6) is 0 Å². The Morgan fingerprint density at radius 2 is 2.11 bits per heavy atom. The molecule has 0 unspecified atom stereocenters. The normalized spacial score (nSPS) is 17.8. The minimum Gasteiger partial charge on any atom is -0.388 e. The van der Waals surface area contributed by atoms with Gasteiger partial charge in [0.25, 0.3) is 0 Å². The van der Waals surface area contributed by atoms with Crippen LogP contribution in [0.25, 0.3) is 11.0 Å². The molecule has 1 saturated carbocycles. The first kappa shape index (κ1) is 12.8. The van der Waals surface area contributed by atoms with Crippen molar-refractivity contribution in [2.24, 2.45) is 0 Å². The Hall–Kier alpha value is -1.20. The second-order valence-electron chi connectivity index (χ2n) is 5.16. The highest BCUT2D eigenvalue weighted by atomic mass is 79.9. The molecule has 5 heteroatoms. The molecule has 1 aliphatic rings. The standard InChI is InChI=1S/C14H16BrN3O/c15-10-7-12-13(17-8-10)11(3-6-16-12)18-9-14(19)4-1-2-5-14/h3,6-8,19H,1-2,4-5,9H2,(H,16,18). The van der Waals surface area contributed by atoms with Crippen LogP contribution in [-0.2, 0) is 0 Å². The Morgan fingerprint density at radius 3 is 2.89 bits per heavy atom. The number of aromatic nitrogens is 2. The highest BCUT2D eigenvalue weighted by Gasteiger charge is 2.30. The molecule has 0 aromatic carbocycles. The molecule has 1 fully saturated rings. The van der Waals surface area contributed by atoms with Gasteiger partial charge in [-0.2, -0.15) is 0 Å². The monoisotopic (exact) mass is 321 g/mol. The average Bonchev–Trinajstić information content (AvgIpc) is 2.83. The Kier molecular flexibility index (Phi) is 3.41. The lowest BCUT2D eigenvalue weighted by molar-refractivity contribution is 0.0615. The molecule has 3 rings (SSSR count). The van der Waals surface area contributed by atoms with E-state index in [-0.39, 0.29) is 0 Å². The summed E-state index contributed by atoms with van der Waals surface area (Å²) in [5, 5.41) is 13.7. The van der Waals surface area contributed by atoms with Gasteiger partial charge in [-0.15, -0.1) is 0 Å². The van der Waals surface area contributed by atoms with Crippen LogP contribution in [0.3, 0.4) is 0 Å². The molecule has 2 aromatic rings. The van der Waals surface area contributed by atoms with E-state index in [2.05, 4.69) is 31.2 Å². The third-order valence-electron chi connectivity index (χ3n) is 3.69. The fraction of sp³-hybridized carbons (Fsp3) is 0.429. The van der Waals surface area contributed by atoms with E-state index in [1.807, 2.05) is 12.1 Å². The molecule has 2 heterocycles. The van der Waals surface area contributed by atoms with Gasteiger partial charge in [-0.25, -0.2) is 0 Å². The van der Waals surface area contributed by atoms with Crippen molar-refractivity contribution in [2.45, 2.75) is 31.3 Å². The van der Waals surface area contributed by atoms with Crippen LogP contribution in [0, 0.1) is 0 Å². The van der Waals surface area contributed by atoms with E-state index in [4.69, 9.17) is 0 Å². The first-order valence-electron chi connectivity index (χ1n) is 6.53. The van der Waals surface area contributed by atoms with Crippen LogP contribution in [-0.4, -0.2) is 27.2 Å². The van der Waals surface area contributed by atoms with Crippen molar-refractivity contribution in [1.29, 1.82) is 0 Å². The number of hydrogen-bond donors (Lipinski definition) is 2. The topological polar surface area (TPSA) is 58.0 Å². The molecular formula is C14H16BrN3O. The Balaban J connectivity index is 1.84. The van der Waals surface area contributed by atoms with Crippen molar-refractivity contribution < 1.29 is 5.11 Å². The third kappa shape index (κ3) is 2.72. The van der Waals surface area contributed by atoms with E-state index < -0.39 is 5.60 Å². The van der Waals surface area contributed by atoms with Crippen LogP contribution in [0.2, 0.25) is 0 Å². The number of nitrogens with zero attached hydrogens (tertiary/aromatic N) is 2. The molecule has 19 heavy (non-hydrogen) atoms. The zero-order valence-electron chi connectivity index (χ0n) is 10.6. The molecule has 0 aliphatic heterocycles. The van der Waals surface area contributed by atoms with Crippen molar-refractivity contribution in [1.82, 2.24) is 9.97 Å². The van der Waals surface area contributed by atoms with E-state index in [9.17, 15) is 5.11 Å². The molecule has 0 spiro atoms. The first-order valence-corrected chi connectivity index (χ1v) is 7.32. The van der Waals surface area contributed by atoms with Gasteiger partial charge in [0.15, 0.2) is 0 Å². The number of fused-ring (bicyclic) bond motifs is 1. The van der Waals surface area contributed by atoms with Gasteiger partial charge in [0.1, 0.15) is 5.52 Å². The van der Waals surface area contributed by atoms with Crippen molar-refractivity contribution >= 4 is 32.7 Å². The Bertz CT molecular complexity index is 596. The van der Waals surface area contributed by atoms with Crippen molar-refractivity contribution in [3.63, 3.8) is 0 Å². The fourth-order valence-electron chi connectivity index (χ4n) is 2.62. The number of anilines is 1. The van der Waals surface area contributed by atoms with Gasteiger partial charge in [-0.05, 0) is 40.9 Å². The average molecular weight is 322 g/mol. The van der Waals surface area contributed by atoms with Crippen LogP contribution in [0.4, 0.5) is 5.69 Å². The van der Waals surface area contributed by atoms with Crippen molar-refractivity contribution in [3.05, 3.63) is 29.0 Å². The molecule has 2 N–H and O–H groups in total. The molecular weight excluding hydrogens is 306 g/mol. The summed E-state index contributed by atoms with van der Waals surface area (Å²) in [7, 11) is 0. The van der Waals surface area contributed by atoms with Gasteiger partial charge in [0, 0.05) is 23.4 Å². The van der Waals surface area contributed by atoms with Gasteiger partial charge in [0.05, 0.1) is 16.8 Å². The number of aliphatic hydroxyl groups is 1. The summed E-state index contributed by atoms with van der Waals surface area (Å²) in [6.45, 7) is 0.573. The first-order chi connectivity index (χ1) is 9.16. The molecule has 0 atom stereocenters. The molecule has 4 nitrogen and oxygen atoms in total. The van der Waals surface area contributed by atoms with Crippen LogP contribution < -0.4 is 5.32 Å². The van der Waals surface area contributed by atoms with Gasteiger partial charge >= 0.3 is 0 Å². The molecule has 0 radical (unpaired) electrons. The van der Waals surface area contributed by atoms with Gasteiger partial charge in [-0.1, -0.05) is 12.8 Å². The van der Waals surface area contributed by atoms with E-state index in [1.54, 1.807) is 12.4 Å². The van der Waals surface area contributed by atoms with Crippen LogP contribution in [0.15, 0.2) is 29.0 Å². The third-order valence-corrected chi connectivity index (χ3v) is 4.12. The summed E-state index contributed by atoms with van der Waals surface area (Å²) in [6, 6.07) is 3.85. The molecule has 2 aromatic heterocycles. The van der Waals surface area contributed by atoms with Gasteiger partial charge < -0.3 is 10.4 Å². The van der Waals surface area contributed by atoms with Crippen LogP contribution in [0.1, 0.15) is 25.7 Å². The number of rotatable bonds is 3. The maximum absolute atomic E-state index is 10.4. The smallest absolute Gasteiger partial charge is 0.112 e. The summed E-state index contributed by atoms with van der Waals surface area (Å²) in [4.78, 5) is 8.70. The largest absolute Gasteiger partial charge is 0.388 e. The zero-order valence-corrected chi connectivity index (χ0v) is 12.2. The fourth-order valence-corrected chi connectivity index (χ4v) is 2.94. The highest BCUT2D eigenvalue weighted by molar-refractivity contribution is 9.10. The highest BCUT2D eigenvalue weighted by Crippen LogP contribution is 2.30. The summed E-state index contributed by atoms with van der Waals surface area (Å²) in [6.07, 6.45) is 7.50.